The van der Waals surface area contributed by atoms with E-state index in [1.807, 2.05) is 22.8 Å². The average Bonchev–Trinajstić information content (AvgIpc) is 3.10. The van der Waals surface area contributed by atoms with Gasteiger partial charge in [0.05, 0.1) is 24.5 Å². The predicted molar refractivity (Wildman–Crippen MR) is 91.9 cm³/mol. The highest BCUT2D eigenvalue weighted by Crippen LogP contribution is 2.30. The summed E-state index contributed by atoms with van der Waals surface area (Å²) in [7, 11) is 3.42. The van der Waals surface area contributed by atoms with Gasteiger partial charge < -0.3 is 19.8 Å². The number of aromatic nitrogens is 2. The van der Waals surface area contributed by atoms with Crippen molar-refractivity contribution in [2.45, 2.75) is 32.5 Å². The predicted octanol–water partition coefficient (Wildman–Crippen LogP) is -0.110. The second-order valence-corrected chi connectivity index (χ2v) is 5.73. The van der Waals surface area contributed by atoms with E-state index in [1.54, 1.807) is 0 Å². The molecule has 0 spiro atoms. The molecule has 1 aromatic heterocycles. The maximum absolute atomic E-state index is 11.3. The fourth-order valence-corrected chi connectivity index (χ4v) is 2.56. The van der Waals surface area contributed by atoms with Gasteiger partial charge in [-0.1, -0.05) is 0 Å². The van der Waals surface area contributed by atoms with Crippen LogP contribution < -0.4 is 10.8 Å². The second kappa shape index (κ2) is 8.32. The first kappa shape index (κ1) is 19.2. The monoisotopic (exact) mass is 368 g/mol. The molecule has 3 rings (SSSR count). The van der Waals surface area contributed by atoms with Crippen LogP contribution in [0.15, 0.2) is 11.2 Å². The van der Waals surface area contributed by atoms with Crippen molar-refractivity contribution in [2.75, 3.05) is 13.6 Å². The number of hydroxylamine groups is 1. The van der Waals surface area contributed by atoms with E-state index in [0.717, 1.165) is 12.2 Å². The molecule has 0 radical (unpaired) electrons. The minimum absolute atomic E-state index is 0. The Morgan fingerprint density at radius 2 is 2.31 bits per heavy atom. The SMILES string of the molecule is CN=CNOC(=O)C(C)OC(C)=O.Cn1ncc2c1CN1C[C@@H]2NC1=O.[HH]. The molecule has 2 bridgehead atoms. The molecule has 0 saturated carbocycles. The van der Waals surface area contributed by atoms with Crippen LogP contribution in [-0.4, -0.2) is 58.7 Å². The second-order valence-electron chi connectivity index (χ2n) is 5.73. The Balaban J connectivity index is 0.000000260. The number of nitrogens with zero attached hydrogens (tertiary/aromatic N) is 4. The van der Waals surface area contributed by atoms with Crippen molar-refractivity contribution in [1.29, 1.82) is 0 Å². The molecule has 11 nitrogen and oxygen atoms in total. The molecule has 3 heterocycles. The average molecular weight is 368 g/mol. The summed E-state index contributed by atoms with van der Waals surface area (Å²) in [6, 6.07) is 0.200. The number of carbonyl (C=O) groups excluding carboxylic acids is 3. The number of rotatable bonds is 4. The molecule has 2 amide bonds. The first-order chi connectivity index (χ1) is 12.3. The van der Waals surface area contributed by atoms with Crippen LogP contribution in [-0.2, 0) is 32.8 Å². The van der Waals surface area contributed by atoms with Gasteiger partial charge in [0.2, 0.25) is 0 Å². The van der Waals surface area contributed by atoms with Crippen molar-refractivity contribution in [3.63, 3.8) is 0 Å². The number of esters is 1. The smallest absolute Gasteiger partial charge is 0.372 e. The molecule has 1 saturated heterocycles. The van der Waals surface area contributed by atoms with Crippen molar-refractivity contribution < 1.29 is 25.4 Å². The maximum Gasteiger partial charge on any atom is 0.372 e. The zero-order valence-corrected chi connectivity index (χ0v) is 15.1. The third kappa shape index (κ3) is 4.49. The molecule has 1 unspecified atom stereocenters. The van der Waals surface area contributed by atoms with Crippen LogP contribution in [0, 0.1) is 0 Å². The lowest BCUT2D eigenvalue weighted by molar-refractivity contribution is -0.168. The summed E-state index contributed by atoms with van der Waals surface area (Å²) < 4.78 is 6.39. The molecule has 1 fully saturated rings. The Labute approximate surface area is 151 Å². The summed E-state index contributed by atoms with van der Waals surface area (Å²) in [5.41, 5.74) is 4.48. The van der Waals surface area contributed by atoms with Crippen LogP contribution in [0.3, 0.4) is 0 Å². The number of urea groups is 1. The molecule has 26 heavy (non-hydrogen) atoms. The number of ether oxygens (including phenoxy) is 1. The van der Waals surface area contributed by atoms with E-state index in [0.29, 0.717) is 6.54 Å². The van der Waals surface area contributed by atoms with Crippen molar-refractivity contribution >= 4 is 24.3 Å². The first-order valence-corrected chi connectivity index (χ1v) is 7.93. The van der Waals surface area contributed by atoms with Gasteiger partial charge in [0, 0.05) is 34.6 Å². The van der Waals surface area contributed by atoms with E-state index in [1.165, 1.54) is 32.8 Å². The van der Waals surface area contributed by atoms with Crippen LogP contribution in [0.25, 0.3) is 0 Å². The van der Waals surface area contributed by atoms with Crippen LogP contribution in [0.2, 0.25) is 0 Å². The third-order valence-corrected chi connectivity index (χ3v) is 3.81. The topological polar surface area (TPSA) is 127 Å². The van der Waals surface area contributed by atoms with Gasteiger partial charge in [0.25, 0.3) is 0 Å². The molecule has 2 N–H and O–H groups in total. The van der Waals surface area contributed by atoms with Crippen molar-refractivity contribution in [3.05, 3.63) is 17.5 Å². The van der Waals surface area contributed by atoms with Crippen molar-refractivity contribution in [3.8, 4) is 0 Å². The van der Waals surface area contributed by atoms with E-state index < -0.39 is 18.0 Å². The van der Waals surface area contributed by atoms with Crippen LogP contribution in [0.5, 0.6) is 0 Å². The Morgan fingerprint density at radius 3 is 2.96 bits per heavy atom. The van der Waals surface area contributed by atoms with Crippen LogP contribution >= 0.6 is 0 Å². The Kier molecular flexibility index (Phi) is 6.15. The maximum atomic E-state index is 11.3. The molecule has 2 atom stereocenters. The van der Waals surface area contributed by atoms with E-state index in [2.05, 4.69) is 30.5 Å². The third-order valence-electron chi connectivity index (χ3n) is 3.81. The number of hydrogen-bond donors (Lipinski definition) is 2. The normalized spacial score (nSPS) is 18.4. The number of aliphatic imine (C=N–C) groups is 1. The summed E-state index contributed by atoms with van der Waals surface area (Å²) >= 11 is 0. The number of carbonyl (C=O) groups is 3. The summed E-state index contributed by atoms with van der Waals surface area (Å²) in [6.07, 6.45) is 2.12. The van der Waals surface area contributed by atoms with Crippen molar-refractivity contribution in [2.24, 2.45) is 12.0 Å². The minimum atomic E-state index is -0.921. The van der Waals surface area contributed by atoms with E-state index in [4.69, 9.17) is 0 Å². The first-order valence-electron chi connectivity index (χ1n) is 7.93. The van der Waals surface area contributed by atoms with E-state index in [-0.39, 0.29) is 13.5 Å². The lowest BCUT2D eigenvalue weighted by atomic mass is 10.1. The lowest BCUT2D eigenvalue weighted by Gasteiger charge is -2.20. The Hall–Kier alpha value is -3.11. The lowest BCUT2D eigenvalue weighted by Crippen LogP contribution is -2.30. The molecule has 2 aliphatic rings. The van der Waals surface area contributed by atoms with Gasteiger partial charge in [-0.05, 0) is 6.92 Å². The van der Waals surface area contributed by atoms with Crippen LogP contribution in [0.4, 0.5) is 4.79 Å². The minimum Gasteiger partial charge on any atom is -0.451 e. The summed E-state index contributed by atoms with van der Waals surface area (Å²) in [5, 5.41) is 7.10. The number of amides is 2. The van der Waals surface area contributed by atoms with Crippen LogP contribution in [0.1, 0.15) is 32.6 Å². The molecule has 11 heteroatoms. The highest BCUT2D eigenvalue weighted by atomic mass is 16.7. The standard InChI is InChI=1S/C8H10N4O.C7H12N2O4.H2/c1-11-7-4-12-3-6(10-8(12)13)5(7)2-9-11;1-5(12-6(2)10)7(11)13-9-4-8-3;/h2,6H,3-4H2,1H3,(H,10,13);4-5H,1-3H3,(H,8,9);1H/t6-;;/m0../s1. The van der Waals surface area contributed by atoms with Gasteiger partial charge in [-0.3, -0.25) is 14.5 Å². The fourth-order valence-electron chi connectivity index (χ4n) is 2.56. The number of fused-ring (bicyclic) bond motifs is 4. The summed E-state index contributed by atoms with van der Waals surface area (Å²) in [6.45, 7) is 4.10. The zero-order valence-electron chi connectivity index (χ0n) is 15.1. The zero-order chi connectivity index (χ0) is 19.3. The van der Waals surface area contributed by atoms with Gasteiger partial charge in [-0.25, -0.2) is 15.1 Å². The quantitative estimate of drug-likeness (QED) is 0.328. The highest BCUT2D eigenvalue weighted by Gasteiger charge is 2.37. The number of aryl methyl sites for hydroxylation is 1. The van der Waals surface area contributed by atoms with Gasteiger partial charge >= 0.3 is 18.0 Å². The summed E-state index contributed by atoms with van der Waals surface area (Å²) in [4.78, 5) is 42.4. The molecule has 144 valence electrons. The highest BCUT2D eigenvalue weighted by molar-refractivity contribution is 5.79. The molecular weight excluding hydrogens is 344 g/mol. The Bertz CT molecular complexity index is 722. The fraction of sp³-hybridized carbons (Fsp3) is 0.533. The van der Waals surface area contributed by atoms with Gasteiger partial charge in [-0.2, -0.15) is 5.10 Å². The van der Waals surface area contributed by atoms with E-state index in [9.17, 15) is 14.4 Å². The van der Waals surface area contributed by atoms with Gasteiger partial charge in [-0.15, -0.1) is 0 Å². The van der Waals surface area contributed by atoms with Crippen molar-refractivity contribution in [1.82, 2.24) is 25.5 Å². The van der Waals surface area contributed by atoms with Gasteiger partial charge in [0.1, 0.15) is 6.34 Å². The Morgan fingerprint density at radius 1 is 1.58 bits per heavy atom. The number of nitrogens with one attached hydrogen (secondary N) is 2. The number of hydrogen-bond acceptors (Lipinski definition) is 7. The van der Waals surface area contributed by atoms with E-state index >= 15 is 0 Å². The molecule has 0 aromatic carbocycles. The summed E-state index contributed by atoms with van der Waals surface area (Å²) in [5.74, 6) is -1.22. The molecule has 0 aliphatic carbocycles. The van der Waals surface area contributed by atoms with Gasteiger partial charge in [0.15, 0.2) is 6.10 Å². The molecule has 2 aliphatic heterocycles. The molecule has 1 aromatic rings. The largest absolute Gasteiger partial charge is 0.451 e. The molecular formula is C15H24N6O5.